The molecule has 1 aromatic carbocycles. The van der Waals surface area contributed by atoms with Crippen molar-refractivity contribution in [3.8, 4) is 11.3 Å². The van der Waals surface area contributed by atoms with E-state index in [9.17, 15) is 10.1 Å². The van der Waals surface area contributed by atoms with E-state index in [-0.39, 0.29) is 5.69 Å². The quantitative estimate of drug-likeness (QED) is 0.520. The Bertz CT molecular complexity index is 816. The van der Waals surface area contributed by atoms with Gasteiger partial charge in [0, 0.05) is 30.1 Å². The third-order valence-electron chi connectivity index (χ3n) is 2.80. The van der Waals surface area contributed by atoms with Gasteiger partial charge < -0.3 is 0 Å². The molecule has 2 aromatic heterocycles. The van der Waals surface area contributed by atoms with E-state index in [0.717, 1.165) is 5.56 Å². The molecule has 0 amide bonds. The van der Waals surface area contributed by atoms with Gasteiger partial charge in [-0.2, -0.15) is 5.10 Å². The number of nitro benzene ring substituents is 1. The van der Waals surface area contributed by atoms with Gasteiger partial charge in [0.1, 0.15) is 11.2 Å². The molecule has 0 saturated heterocycles. The van der Waals surface area contributed by atoms with Crippen molar-refractivity contribution in [2.75, 3.05) is 0 Å². The van der Waals surface area contributed by atoms with Gasteiger partial charge in [-0.05, 0) is 28.1 Å². The third kappa shape index (κ3) is 2.04. The summed E-state index contributed by atoms with van der Waals surface area (Å²) in [6, 6.07) is 6.16. The van der Waals surface area contributed by atoms with Crippen LogP contribution in [0.5, 0.6) is 0 Å². The molecule has 0 saturated carbocycles. The summed E-state index contributed by atoms with van der Waals surface area (Å²) in [6.07, 6.45) is 3.23. The van der Waals surface area contributed by atoms with Crippen LogP contribution in [-0.4, -0.2) is 19.5 Å². The largest absolute Gasteiger partial charge is 0.269 e. The Labute approximate surface area is 126 Å². The fourth-order valence-corrected chi connectivity index (χ4v) is 2.89. The zero-order valence-electron chi connectivity index (χ0n) is 9.83. The second kappa shape index (κ2) is 4.84. The molecule has 0 aliphatic carbocycles. The Kier molecular flexibility index (Phi) is 3.15. The van der Waals surface area contributed by atoms with Crippen LogP contribution in [0.3, 0.4) is 0 Å². The summed E-state index contributed by atoms with van der Waals surface area (Å²) in [4.78, 5) is 14.2. The standard InChI is InChI=1S/C12H6BrClN4O2/c13-9-10(7-1-3-8(4-2-7)18(19)20)16-17-6-5-15-12(14)11(9)17/h1-6H. The van der Waals surface area contributed by atoms with Crippen LogP contribution < -0.4 is 0 Å². The predicted molar refractivity (Wildman–Crippen MR) is 77.8 cm³/mol. The maximum absolute atomic E-state index is 10.7. The fraction of sp³-hybridized carbons (Fsp3) is 0. The average Bonchev–Trinajstić information content (AvgIpc) is 2.77. The predicted octanol–water partition coefficient (Wildman–Crippen LogP) is 3.72. The van der Waals surface area contributed by atoms with Crippen LogP contribution in [0.1, 0.15) is 0 Å². The highest BCUT2D eigenvalue weighted by atomic mass is 79.9. The summed E-state index contributed by atoms with van der Waals surface area (Å²) < 4.78 is 2.31. The minimum Gasteiger partial charge on any atom is -0.258 e. The molecule has 0 unspecified atom stereocenters. The van der Waals surface area contributed by atoms with Gasteiger partial charge in [-0.1, -0.05) is 11.6 Å². The molecule has 20 heavy (non-hydrogen) atoms. The number of benzene rings is 1. The van der Waals surface area contributed by atoms with Crippen LogP contribution in [0, 0.1) is 10.1 Å². The molecule has 2 heterocycles. The van der Waals surface area contributed by atoms with E-state index in [2.05, 4.69) is 26.0 Å². The molecule has 0 spiro atoms. The normalized spacial score (nSPS) is 10.9. The monoisotopic (exact) mass is 352 g/mol. The van der Waals surface area contributed by atoms with Gasteiger partial charge in [0.2, 0.25) is 0 Å². The Balaban J connectivity index is 2.17. The average molecular weight is 354 g/mol. The number of fused-ring (bicyclic) bond motifs is 1. The fourth-order valence-electron chi connectivity index (χ4n) is 1.86. The lowest BCUT2D eigenvalue weighted by molar-refractivity contribution is -0.384. The second-order valence-electron chi connectivity index (χ2n) is 3.98. The first-order valence-corrected chi connectivity index (χ1v) is 6.68. The number of rotatable bonds is 2. The number of hydrogen-bond acceptors (Lipinski definition) is 4. The Morgan fingerprint density at radius 2 is 2.00 bits per heavy atom. The number of non-ortho nitro benzene ring substituents is 1. The van der Waals surface area contributed by atoms with Crippen LogP contribution in [0.15, 0.2) is 41.1 Å². The van der Waals surface area contributed by atoms with Gasteiger partial charge in [0.15, 0.2) is 5.15 Å². The van der Waals surface area contributed by atoms with Crippen LogP contribution >= 0.6 is 27.5 Å². The first-order valence-electron chi connectivity index (χ1n) is 5.51. The SMILES string of the molecule is O=[N+]([O-])c1ccc(-c2nn3ccnc(Cl)c3c2Br)cc1. The minimum atomic E-state index is -0.441. The zero-order chi connectivity index (χ0) is 14.3. The first kappa shape index (κ1) is 13.0. The zero-order valence-corrected chi connectivity index (χ0v) is 12.2. The van der Waals surface area contributed by atoms with Crippen molar-refractivity contribution < 1.29 is 4.92 Å². The molecule has 3 rings (SSSR count). The number of aromatic nitrogens is 3. The molecule has 3 aromatic rings. The van der Waals surface area contributed by atoms with Crippen molar-refractivity contribution in [3.05, 3.63) is 56.4 Å². The molecule has 0 radical (unpaired) electrons. The number of halogens is 2. The molecule has 0 aliphatic rings. The van der Waals surface area contributed by atoms with E-state index in [1.807, 2.05) is 0 Å². The highest BCUT2D eigenvalue weighted by molar-refractivity contribution is 9.10. The lowest BCUT2D eigenvalue weighted by atomic mass is 10.1. The van der Waals surface area contributed by atoms with Crippen molar-refractivity contribution in [2.24, 2.45) is 0 Å². The van der Waals surface area contributed by atoms with Crippen molar-refractivity contribution in [1.82, 2.24) is 14.6 Å². The summed E-state index contributed by atoms with van der Waals surface area (Å²) in [5.41, 5.74) is 2.09. The van der Waals surface area contributed by atoms with Gasteiger partial charge in [0.05, 0.1) is 9.40 Å². The van der Waals surface area contributed by atoms with Crippen molar-refractivity contribution >= 4 is 38.7 Å². The van der Waals surface area contributed by atoms with E-state index in [0.29, 0.717) is 20.8 Å². The van der Waals surface area contributed by atoms with Crippen LogP contribution in [-0.2, 0) is 0 Å². The molecule has 0 aliphatic heterocycles. The van der Waals surface area contributed by atoms with Gasteiger partial charge in [-0.25, -0.2) is 9.50 Å². The van der Waals surface area contributed by atoms with E-state index in [1.165, 1.54) is 12.1 Å². The Morgan fingerprint density at radius 3 is 2.60 bits per heavy atom. The maximum Gasteiger partial charge on any atom is 0.269 e. The summed E-state index contributed by atoms with van der Waals surface area (Å²) in [7, 11) is 0. The smallest absolute Gasteiger partial charge is 0.258 e. The number of hydrogen-bond donors (Lipinski definition) is 0. The van der Waals surface area contributed by atoms with Crippen molar-refractivity contribution in [1.29, 1.82) is 0 Å². The topological polar surface area (TPSA) is 73.3 Å². The van der Waals surface area contributed by atoms with Crippen molar-refractivity contribution in [2.45, 2.75) is 0 Å². The van der Waals surface area contributed by atoms with Crippen LogP contribution in [0.25, 0.3) is 16.8 Å². The van der Waals surface area contributed by atoms with E-state index >= 15 is 0 Å². The third-order valence-corrected chi connectivity index (χ3v) is 3.82. The van der Waals surface area contributed by atoms with Crippen LogP contribution in [0.2, 0.25) is 5.15 Å². The summed E-state index contributed by atoms with van der Waals surface area (Å²) >= 11 is 9.48. The van der Waals surface area contributed by atoms with E-state index in [1.54, 1.807) is 29.0 Å². The molecular formula is C12H6BrClN4O2. The maximum atomic E-state index is 10.7. The number of nitrogens with zero attached hydrogens (tertiary/aromatic N) is 4. The van der Waals surface area contributed by atoms with E-state index in [4.69, 9.17) is 11.6 Å². The molecule has 8 heteroatoms. The summed E-state index contributed by atoms with van der Waals surface area (Å²) in [6.45, 7) is 0. The molecule has 0 fully saturated rings. The minimum absolute atomic E-state index is 0.0355. The van der Waals surface area contributed by atoms with Gasteiger partial charge in [-0.15, -0.1) is 0 Å². The second-order valence-corrected chi connectivity index (χ2v) is 5.13. The summed E-state index contributed by atoms with van der Waals surface area (Å²) in [5, 5.41) is 15.4. The first-order chi connectivity index (χ1) is 9.58. The van der Waals surface area contributed by atoms with Gasteiger partial charge >= 0.3 is 0 Å². The lowest BCUT2D eigenvalue weighted by Gasteiger charge is -1.97. The van der Waals surface area contributed by atoms with Crippen molar-refractivity contribution in [3.63, 3.8) is 0 Å². The molecule has 100 valence electrons. The molecule has 0 atom stereocenters. The Hall–Kier alpha value is -1.99. The molecule has 6 nitrogen and oxygen atoms in total. The molecular weight excluding hydrogens is 348 g/mol. The van der Waals surface area contributed by atoms with Gasteiger partial charge in [-0.3, -0.25) is 10.1 Å². The molecule has 0 bridgehead atoms. The molecule has 0 N–H and O–H groups in total. The highest BCUT2D eigenvalue weighted by Crippen LogP contribution is 2.34. The number of nitro groups is 1. The van der Waals surface area contributed by atoms with Crippen LogP contribution in [0.4, 0.5) is 5.69 Å². The Morgan fingerprint density at radius 1 is 1.30 bits per heavy atom. The summed E-state index contributed by atoms with van der Waals surface area (Å²) in [5.74, 6) is 0. The van der Waals surface area contributed by atoms with Gasteiger partial charge in [0.25, 0.3) is 5.69 Å². The highest BCUT2D eigenvalue weighted by Gasteiger charge is 2.16. The van der Waals surface area contributed by atoms with E-state index < -0.39 is 4.92 Å². The lowest BCUT2D eigenvalue weighted by Crippen LogP contribution is -1.89.